The van der Waals surface area contributed by atoms with Gasteiger partial charge in [0.1, 0.15) is 0 Å². The van der Waals surface area contributed by atoms with Crippen LogP contribution in [0.3, 0.4) is 0 Å². The number of anilines is 6. The number of ether oxygens (including phenoxy) is 2. The zero-order chi connectivity index (χ0) is 46.3. The molecule has 69 heavy (non-hydrogen) atoms. The second-order valence-corrected chi connectivity index (χ2v) is 17.1. The van der Waals surface area contributed by atoms with E-state index in [1.165, 1.54) is 0 Å². The third-order valence-corrected chi connectivity index (χ3v) is 13.3. The molecular formula is C63H40N4O2. The van der Waals surface area contributed by atoms with Crippen molar-refractivity contribution in [1.29, 1.82) is 10.5 Å². The molecule has 6 heteroatoms. The molecule has 0 unspecified atom stereocenters. The number of nitrogens with zero attached hydrogens (tertiary/aromatic N) is 4. The highest BCUT2D eigenvalue weighted by atomic mass is 16.5. The van der Waals surface area contributed by atoms with Crippen molar-refractivity contribution in [2.75, 3.05) is 9.80 Å². The average Bonchev–Trinajstić information content (AvgIpc) is 3.43. The number of hydrogen-bond donors (Lipinski definition) is 0. The van der Waals surface area contributed by atoms with Crippen molar-refractivity contribution in [1.82, 2.24) is 0 Å². The van der Waals surface area contributed by atoms with Crippen LogP contribution in [0, 0.1) is 22.7 Å². The molecule has 2 heterocycles. The summed E-state index contributed by atoms with van der Waals surface area (Å²) in [6.07, 6.45) is 0. The first kappa shape index (κ1) is 40.9. The lowest BCUT2D eigenvalue weighted by Crippen LogP contribution is -2.31. The molecule has 0 atom stereocenters. The van der Waals surface area contributed by atoms with Gasteiger partial charge in [-0.2, -0.15) is 10.5 Å². The molecule has 0 N–H and O–H groups in total. The van der Waals surface area contributed by atoms with Crippen LogP contribution in [0.15, 0.2) is 243 Å². The van der Waals surface area contributed by atoms with Crippen LogP contribution < -0.4 is 19.3 Å². The van der Waals surface area contributed by atoms with Crippen molar-refractivity contribution in [2.24, 2.45) is 0 Å². The largest absolute Gasteiger partial charge is 0.453 e. The minimum Gasteiger partial charge on any atom is -0.453 e. The molecule has 0 saturated carbocycles. The summed E-state index contributed by atoms with van der Waals surface area (Å²) in [5.74, 6) is 3.18. The van der Waals surface area contributed by atoms with Gasteiger partial charge in [0.15, 0.2) is 23.0 Å². The van der Waals surface area contributed by atoms with Crippen LogP contribution in [0.5, 0.6) is 23.0 Å². The highest BCUT2D eigenvalue weighted by Crippen LogP contribution is 2.54. The summed E-state index contributed by atoms with van der Waals surface area (Å²) < 4.78 is 12.8. The lowest BCUT2D eigenvalue weighted by molar-refractivity contribution is 0.477. The predicted molar refractivity (Wildman–Crippen MR) is 275 cm³/mol. The maximum absolute atomic E-state index is 9.53. The van der Waals surface area contributed by atoms with Crippen LogP contribution in [-0.4, -0.2) is 0 Å². The molecular weight excluding hydrogens is 845 g/mol. The molecule has 2 aliphatic heterocycles. The highest BCUT2D eigenvalue weighted by Gasteiger charge is 2.39. The van der Waals surface area contributed by atoms with Gasteiger partial charge < -0.3 is 19.3 Å². The van der Waals surface area contributed by atoms with Gasteiger partial charge in [0, 0.05) is 11.4 Å². The SMILES string of the molecule is N#Cc1ccc(-c2ccc(C(c3ccc(-c4ccc(C#N)cc4)cc3)(c3ccc(N4c5ccccc5Oc5ccccc54)cc3)c3ccc(N4c5ccccc5Oc5ccccc54)cc3)cc2)cc1. The van der Waals surface area contributed by atoms with Crippen LogP contribution >= 0.6 is 0 Å². The Balaban J connectivity index is 1.06. The molecule has 324 valence electrons. The molecule has 2 aliphatic rings. The van der Waals surface area contributed by atoms with Crippen LogP contribution in [0.1, 0.15) is 33.4 Å². The predicted octanol–water partition coefficient (Wildman–Crippen LogP) is 16.3. The Morgan fingerprint density at radius 3 is 0.812 bits per heavy atom. The Bertz CT molecular complexity index is 3280. The maximum atomic E-state index is 9.53. The van der Waals surface area contributed by atoms with E-state index in [1.807, 2.05) is 121 Å². The molecule has 0 radical (unpaired) electrons. The second-order valence-electron chi connectivity index (χ2n) is 17.1. The zero-order valence-corrected chi connectivity index (χ0v) is 37.2. The van der Waals surface area contributed by atoms with Crippen molar-refractivity contribution in [3.05, 3.63) is 276 Å². The van der Waals surface area contributed by atoms with Crippen LogP contribution in [-0.2, 0) is 5.41 Å². The highest BCUT2D eigenvalue weighted by molar-refractivity contribution is 5.88. The van der Waals surface area contributed by atoms with Gasteiger partial charge >= 0.3 is 0 Å². The van der Waals surface area contributed by atoms with E-state index in [0.717, 1.165) is 102 Å². The van der Waals surface area contributed by atoms with Gasteiger partial charge in [-0.3, -0.25) is 0 Å². The number of rotatable bonds is 8. The molecule has 6 nitrogen and oxygen atoms in total. The van der Waals surface area contributed by atoms with Gasteiger partial charge in [0.05, 0.1) is 51.4 Å². The topological polar surface area (TPSA) is 72.5 Å². The van der Waals surface area contributed by atoms with E-state index >= 15 is 0 Å². The molecule has 0 saturated heterocycles. The minimum absolute atomic E-state index is 0.624. The quantitative estimate of drug-likeness (QED) is 0.142. The number of fused-ring (bicyclic) bond motifs is 4. The summed E-state index contributed by atoms with van der Waals surface area (Å²) in [5, 5.41) is 19.1. The summed E-state index contributed by atoms with van der Waals surface area (Å²) in [6.45, 7) is 0. The van der Waals surface area contributed by atoms with Crippen molar-refractivity contribution in [3.8, 4) is 57.4 Å². The molecule has 12 rings (SSSR count). The van der Waals surface area contributed by atoms with E-state index in [1.54, 1.807) is 0 Å². The van der Waals surface area contributed by atoms with Gasteiger partial charge in [-0.05, 0) is 142 Å². The van der Waals surface area contributed by atoms with Gasteiger partial charge in [0.25, 0.3) is 0 Å². The van der Waals surface area contributed by atoms with Crippen molar-refractivity contribution >= 4 is 34.1 Å². The summed E-state index contributed by atoms with van der Waals surface area (Å²) in [6, 6.07) is 88.2. The summed E-state index contributed by atoms with van der Waals surface area (Å²) in [7, 11) is 0. The fraction of sp³-hybridized carbons (Fsp3) is 0.0159. The Labute approximate surface area is 401 Å². The third kappa shape index (κ3) is 7.04. The van der Waals surface area contributed by atoms with E-state index < -0.39 is 5.41 Å². The Morgan fingerprint density at radius 2 is 0.536 bits per heavy atom. The first-order valence-electron chi connectivity index (χ1n) is 22.8. The number of hydrogen-bond acceptors (Lipinski definition) is 6. The normalized spacial score (nSPS) is 12.2. The smallest absolute Gasteiger partial charge is 0.151 e. The van der Waals surface area contributed by atoms with Crippen LogP contribution in [0.4, 0.5) is 34.1 Å². The van der Waals surface area contributed by atoms with Gasteiger partial charge in [0.2, 0.25) is 0 Å². The summed E-state index contributed by atoms with van der Waals surface area (Å²) in [4.78, 5) is 4.54. The standard InChI is InChI=1S/C63H40N4O2/c64-41-43-17-21-45(22-18-43)47-25-29-49(30-26-47)63(50-31-27-48(28-32-50)46-23-19-44(42-65)20-24-46,51-33-37-53(38-34-51)66-55-9-1-5-13-59(55)68-60-14-6-2-10-56(60)66)52-35-39-54(40-36-52)67-57-11-3-7-15-61(57)69-62-16-8-4-12-58(62)67/h1-40H. The molecule has 0 spiro atoms. The molecule has 10 aromatic rings. The molecule has 0 bridgehead atoms. The zero-order valence-electron chi connectivity index (χ0n) is 37.2. The fourth-order valence-electron chi connectivity index (χ4n) is 9.99. The van der Waals surface area contributed by atoms with Crippen LogP contribution in [0.2, 0.25) is 0 Å². The molecule has 0 aliphatic carbocycles. The van der Waals surface area contributed by atoms with E-state index in [4.69, 9.17) is 9.47 Å². The first-order valence-corrected chi connectivity index (χ1v) is 22.8. The molecule has 0 fully saturated rings. The Kier molecular flexibility index (Phi) is 10.1. The lowest BCUT2D eigenvalue weighted by Gasteiger charge is -2.38. The Morgan fingerprint density at radius 1 is 0.290 bits per heavy atom. The van der Waals surface area contributed by atoms with E-state index in [9.17, 15) is 10.5 Å². The number of benzene rings is 10. The summed E-state index contributed by atoms with van der Waals surface area (Å²) >= 11 is 0. The first-order chi connectivity index (χ1) is 34.1. The average molecular weight is 885 g/mol. The van der Waals surface area contributed by atoms with Gasteiger partial charge in [-0.1, -0.05) is 146 Å². The number of para-hydroxylation sites is 8. The van der Waals surface area contributed by atoms with Crippen molar-refractivity contribution in [2.45, 2.75) is 5.41 Å². The Hall–Kier alpha value is -9.62. The lowest BCUT2D eigenvalue weighted by atomic mass is 9.65. The molecule has 0 aromatic heterocycles. The van der Waals surface area contributed by atoms with E-state index in [2.05, 4.69) is 143 Å². The monoisotopic (exact) mass is 884 g/mol. The van der Waals surface area contributed by atoms with E-state index in [0.29, 0.717) is 11.1 Å². The van der Waals surface area contributed by atoms with Crippen LogP contribution in [0.25, 0.3) is 22.3 Å². The number of nitriles is 2. The van der Waals surface area contributed by atoms with Crippen molar-refractivity contribution in [3.63, 3.8) is 0 Å². The minimum atomic E-state index is -0.828. The van der Waals surface area contributed by atoms with Crippen molar-refractivity contribution < 1.29 is 9.47 Å². The fourth-order valence-corrected chi connectivity index (χ4v) is 9.99. The maximum Gasteiger partial charge on any atom is 0.151 e. The second kappa shape index (κ2) is 17.0. The van der Waals surface area contributed by atoms with Gasteiger partial charge in [-0.25, -0.2) is 0 Å². The molecule has 10 aromatic carbocycles. The summed E-state index contributed by atoms with van der Waals surface area (Å²) in [5.41, 5.74) is 14.8. The third-order valence-electron chi connectivity index (χ3n) is 13.3. The van der Waals surface area contributed by atoms with Gasteiger partial charge in [-0.15, -0.1) is 0 Å². The molecule has 0 amide bonds. The van der Waals surface area contributed by atoms with E-state index in [-0.39, 0.29) is 0 Å².